The third-order valence-electron chi connectivity index (χ3n) is 3.32. The Morgan fingerprint density at radius 2 is 2.37 bits per heavy atom. The molecule has 104 valence electrons. The Hall–Kier alpha value is -1.89. The van der Waals surface area contributed by atoms with Gasteiger partial charge in [-0.3, -0.25) is 0 Å². The van der Waals surface area contributed by atoms with E-state index in [9.17, 15) is 0 Å². The van der Waals surface area contributed by atoms with Crippen molar-refractivity contribution in [3.05, 3.63) is 17.5 Å². The minimum Gasteiger partial charge on any atom is -0.409 e. The number of aryl methyl sites for hydroxylation is 1. The van der Waals surface area contributed by atoms with Crippen molar-refractivity contribution in [1.29, 1.82) is 0 Å². The van der Waals surface area contributed by atoms with E-state index in [0.29, 0.717) is 17.6 Å². The first-order valence-electron chi connectivity index (χ1n) is 6.33. The van der Waals surface area contributed by atoms with Gasteiger partial charge in [0.1, 0.15) is 5.69 Å². The molecule has 1 aliphatic heterocycles. The standard InChI is InChI=1S/C12H19N5O2/c1-8-6-10(11(13)16-19)15-12(14-8)17-4-2-9(7-17)3-5-18/h6,9,18-19H,2-5,7H2,1H3,(H2,13,16). The SMILES string of the molecule is Cc1cc(/C(N)=N/O)nc(N2CCC(CCO)C2)n1. The van der Waals surface area contributed by atoms with Crippen LogP contribution >= 0.6 is 0 Å². The lowest BCUT2D eigenvalue weighted by Gasteiger charge is -2.17. The maximum atomic E-state index is 8.97. The quantitative estimate of drug-likeness (QED) is 0.308. The van der Waals surface area contributed by atoms with Crippen LogP contribution in [0, 0.1) is 12.8 Å². The first kappa shape index (κ1) is 13.5. The molecule has 1 fully saturated rings. The number of aromatic nitrogens is 2. The zero-order valence-corrected chi connectivity index (χ0v) is 11.0. The van der Waals surface area contributed by atoms with Crippen molar-refractivity contribution in [2.75, 3.05) is 24.6 Å². The topological polar surface area (TPSA) is 108 Å². The van der Waals surface area contributed by atoms with Gasteiger partial charge in [-0.2, -0.15) is 0 Å². The van der Waals surface area contributed by atoms with Gasteiger partial charge in [-0.25, -0.2) is 9.97 Å². The van der Waals surface area contributed by atoms with Gasteiger partial charge in [-0.15, -0.1) is 0 Å². The van der Waals surface area contributed by atoms with Crippen molar-refractivity contribution in [2.24, 2.45) is 16.8 Å². The van der Waals surface area contributed by atoms with Gasteiger partial charge in [-0.1, -0.05) is 5.16 Å². The van der Waals surface area contributed by atoms with E-state index in [1.807, 2.05) is 6.92 Å². The predicted molar refractivity (Wildman–Crippen MR) is 71.3 cm³/mol. The molecule has 0 amide bonds. The Labute approximate surface area is 111 Å². The largest absolute Gasteiger partial charge is 0.409 e. The van der Waals surface area contributed by atoms with Crippen LogP contribution in [0.5, 0.6) is 0 Å². The number of nitrogens with two attached hydrogens (primary N) is 1. The highest BCUT2D eigenvalue weighted by Gasteiger charge is 2.24. The summed E-state index contributed by atoms with van der Waals surface area (Å²) in [5.41, 5.74) is 6.77. The summed E-state index contributed by atoms with van der Waals surface area (Å²) in [6, 6.07) is 1.68. The maximum Gasteiger partial charge on any atom is 0.226 e. The normalized spacial score (nSPS) is 20.0. The zero-order chi connectivity index (χ0) is 13.8. The second kappa shape index (κ2) is 5.83. The summed E-state index contributed by atoms with van der Waals surface area (Å²) in [6.07, 6.45) is 1.83. The molecule has 4 N–H and O–H groups in total. The number of anilines is 1. The van der Waals surface area contributed by atoms with E-state index in [1.54, 1.807) is 6.07 Å². The monoisotopic (exact) mass is 265 g/mol. The molecule has 19 heavy (non-hydrogen) atoms. The lowest BCUT2D eigenvalue weighted by Crippen LogP contribution is -2.25. The van der Waals surface area contributed by atoms with E-state index in [-0.39, 0.29) is 12.4 Å². The van der Waals surface area contributed by atoms with Crippen LogP contribution < -0.4 is 10.6 Å². The van der Waals surface area contributed by atoms with Crippen molar-refractivity contribution >= 4 is 11.8 Å². The Balaban J connectivity index is 2.19. The van der Waals surface area contributed by atoms with E-state index in [0.717, 1.165) is 31.6 Å². The van der Waals surface area contributed by atoms with Crippen LogP contribution in [0.4, 0.5) is 5.95 Å². The van der Waals surface area contributed by atoms with E-state index in [4.69, 9.17) is 16.0 Å². The number of oxime groups is 1. The van der Waals surface area contributed by atoms with Gasteiger partial charge in [0.15, 0.2) is 5.84 Å². The van der Waals surface area contributed by atoms with Gasteiger partial charge in [-0.05, 0) is 31.7 Å². The molecule has 0 spiro atoms. The van der Waals surface area contributed by atoms with Crippen LogP contribution in [0.25, 0.3) is 0 Å². The third kappa shape index (κ3) is 3.11. The highest BCUT2D eigenvalue weighted by molar-refractivity contribution is 5.95. The fraction of sp³-hybridized carbons (Fsp3) is 0.583. The molecule has 7 heteroatoms. The Morgan fingerprint density at radius 1 is 1.58 bits per heavy atom. The first-order chi connectivity index (χ1) is 9.13. The Kier molecular flexibility index (Phi) is 4.16. The summed E-state index contributed by atoms with van der Waals surface area (Å²) in [7, 11) is 0. The van der Waals surface area contributed by atoms with Gasteiger partial charge in [0.05, 0.1) is 0 Å². The molecule has 2 heterocycles. The molecule has 0 radical (unpaired) electrons. The minimum absolute atomic E-state index is 0.0159. The number of hydrogen-bond donors (Lipinski definition) is 3. The highest BCUT2D eigenvalue weighted by Crippen LogP contribution is 2.23. The molecular formula is C12H19N5O2. The summed E-state index contributed by atoms with van der Waals surface area (Å²) in [4.78, 5) is 10.8. The zero-order valence-electron chi connectivity index (χ0n) is 11.0. The molecule has 1 unspecified atom stereocenters. The number of aliphatic hydroxyl groups excluding tert-OH is 1. The lowest BCUT2D eigenvalue weighted by atomic mass is 10.1. The van der Waals surface area contributed by atoms with Gasteiger partial charge >= 0.3 is 0 Å². The number of nitrogens with zero attached hydrogens (tertiary/aromatic N) is 4. The van der Waals surface area contributed by atoms with Crippen LogP contribution in [-0.2, 0) is 0 Å². The molecule has 1 aliphatic rings. The summed E-state index contributed by atoms with van der Waals surface area (Å²) >= 11 is 0. The number of rotatable bonds is 4. The predicted octanol–water partition coefficient (Wildman–Crippen LogP) is 0.0882. The van der Waals surface area contributed by atoms with Gasteiger partial charge in [0.25, 0.3) is 0 Å². The van der Waals surface area contributed by atoms with E-state index in [1.165, 1.54) is 0 Å². The summed E-state index contributed by atoms with van der Waals surface area (Å²) < 4.78 is 0. The molecule has 0 bridgehead atoms. The first-order valence-corrected chi connectivity index (χ1v) is 6.33. The Bertz CT molecular complexity index is 477. The van der Waals surface area contributed by atoms with Crippen molar-refractivity contribution in [3.8, 4) is 0 Å². The summed E-state index contributed by atoms with van der Waals surface area (Å²) in [5.74, 6) is 1.06. The van der Waals surface area contributed by atoms with Crippen molar-refractivity contribution in [1.82, 2.24) is 9.97 Å². The molecule has 7 nitrogen and oxygen atoms in total. The van der Waals surface area contributed by atoms with E-state index >= 15 is 0 Å². The smallest absolute Gasteiger partial charge is 0.226 e. The average molecular weight is 265 g/mol. The van der Waals surface area contributed by atoms with Crippen LogP contribution in [0.15, 0.2) is 11.2 Å². The van der Waals surface area contributed by atoms with Gasteiger partial charge in [0.2, 0.25) is 5.95 Å². The van der Waals surface area contributed by atoms with Crippen LogP contribution in [0.1, 0.15) is 24.2 Å². The second-order valence-corrected chi connectivity index (χ2v) is 4.79. The molecule has 1 aromatic rings. The molecule has 2 rings (SSSR count). The number of amidine groups is 1. The van der Waals surface area contributed by atoms with Crippen molar-refractivity contribution in [3.63, 3.8) is 0 Å². The Morgan fingerprint density at radius 3 is 3.05 bits per heavy atom. The highest BCUT2D eigenvalue weighted by atomic mass is 16.4. The molecule has 0 aromatic carbocycles. The number of hydrogen-bond acceptors (Lipinski definition) is 6. The fourth-order valence-corrected chi connectivity index (χ4v) is 2.31. The van der Waals surface area contributed by atoms with Crippen molar-refractivity contribution in [2.45, 2.75) is 19.8 Å². The average Bonchev–Trinajstić information content (AvgIpc) is 2.86. The van der Waals surface area contributed by atoms with Crippen LogP contribution in [-0.4, -0.2) is 45.8 Å². The molecule has 0 aliphatic carbocycles. The van der Waals surface area contributed by atoms with Crippen molar-refractivity contribution < 1.29 is 10.3 Å². The van der Waals surface area contributed by atoms with E-state index in [2.05, 4.69) is 20.0 Å². The van der Waals surface area contributed by atoms with Crippen LogP contribution in [0.2, 0.25) is 0 Å². The molecule has 1 saturated heterocycles. The van der Waals surface area contributed by atoms with E-state index < -0.39 is 0 Å². The van der Waals surface area contributed by atoms with Crippen LogP contribution in [0.3, 0.4) is 0 Å². The molecular weight excluding hydrogens is 246 g/mol. The van der Waals surface area contributed by atoms with Gasteiger partial charge < -0.3 is 20.9 Å². The third-order valence-corrected chi connectivity index (χ3v) is 3.32. The summed E-state index contributed by atoms with van der Waals surface area (Å²) in [6.45, 7) is 3.76. The minimum atomic E-state index is -0.0159. The maximum absolute atomic E-state index is 8.97. The summed E-state index contributed by atoms with van der Waals surface area (Å²) in [5, 5.41) is 20.6. The molecule has 1 atom stereocenters. The second-order valence-electron chi connectivity index (χ2n) is 4.79. The fourth-order valence-electron chi connectivity index (χ4n) is 2.31. The molecule has 1 aromatic heterocycles. The molecule has 0 saturated carbocycles. The van der Waals surface area contributed by atoms with Gasteiger partial charge in [0, 0.05) is 25.4 Å². The number of aliphatic hydroxyl groups is 1. The lowest BCUT2D eigenvalue weighted by molar-refractivity contribution is 0.263.